The van der Waals surface area contributed by atoms with Gasteiger partial charge in [0.25, 0.3) is 0 Å². The van der Waals surface area contributed by atoms with E-state index in [0.29, 0.717) is 0 Å². The molecule has 0 saturated carbocycles. The molecule has 0 aliphatic carbocycles. The topological polar surface area (TPSA) is 42.0 Å². The van der Waals surface area contributed by atoms with E-state index in [4.69, 9.17) is 9.47 Å². The fraction of sp³-hybridized carbons (Fsp3) is 0.455. The van der Waals surface area contributed by atoms with Gasteiger partial charge in [0.05, 0.1) is 6.61 Å². The number of aliphatic hydroxyl groups is 1. The molecule has 1 aromatic carbocycles. The van der Waals surface area contributed by atoms with Crippen molar-refractivity contribution in [2.45, 2.75) is 24.4 Å². The summed E-state index contributed by atoms with van der Waals surface area (Å²) in [5, 5.41) is 9.39. The first-order valence-electron chi connectivity index (χ1n) is 5.07. The summed E-state index contributed by atoms with van der Waals surface area (Å²) in [6.45, 7) is 0.0851. The number of fused-ring (bicyclic) bond motifs is 1. The van der Waals surface area contributed by atoms with Crippen LogP contribution in [0.2, 0.25) is 0 Å². The maximum absolute atomic E-state index is 13.5. The van der Waals surface area contributed by atoms with Crippen molar-refractivity contribution in [3.63, 3.8) is 0 Å². The molecule has 86 valence electrons. The first kappa shape index (κ1) is 10.1. The van der Waals surface area contributed by atoms with E-state index in [9.17, 15) is 13.9 Å². The van der Waals surface area contributed by atoms with Gasteiger partial charge in [-0.2, -0.15) is 0 Å². The Morgan fingerprint density at radius 1 is 1.25 bits per heavy atom. The highest BCUT2D eigenvalue weighted by Crippen LogP contribution is 2.43. The van der Waals surface area contributed by atoms with E-state index in [0.717, 1.165) is 18.2 Å². The van der Waals surface area contributed by atoms with Crippen LogP contribution in [0.15, 0.2) is 18.2 Å². The van der Waals surface area contributed by atoms with Gasteiger partial charge >= 0.3 is 0 Å². The molecular weight excluding hydrogens is 218 g/mol. The van der Waals surface area contributed by atoms with Gasteiger partial charge in [0.15, 0.2) is 0 Å². The zero-order valence-corrected chi connectivity index (χ0v) is 8.27. The Bertz CT molecular complexity index is 424. The van der Waals surface area contributed by atoms with Crippen molar-refractivity contribution < 1.29 is 23.4 Å². The van der Waals surface area contributed by atoms with Gasteiger partial charge in [0, 0.05) is 5.56 Å². The Labute approximate surface area is 90.6 Å². The first-order chi connectivity index (χ1) is 7.66. The van der Waals surface area contributed by atoms with Crippen molar-refractivity contribution in [2.75, 3.05) is 6.61 Å². The normalized spacial score (nSPS) is 36.9. The number of halogens is 2. The minimum atomic E-state index is -0.669. The second-order valence-corrected chi connectivity index (χ2v) is 4.05. The molecule has 0 unspecified atom stereocenters. The number of epoxide rings is 1. The Morgan fingerprint density at radius 3 is 2.88 bits per heavy atom. The fourth-order valence-electron chi connectivity index (χ4n) is 2.08. The third-order valence-corrected chi connectivity index (χ3v) is 2.95. The molecular formula is C11H10F2O3. The van der Waals surface area contributed by atoms with E-state index < -0.39 is 23.8 Å². The summed E-state index contributed by atoms with van der Waals surface area (Å²) in [7, 11) is 0. The average Bonchev–Trinajstić information content (AvgIpc) is 3.03. The third kappa shape index (κ3) is 1.52. The lowest BCUT2D eigenvalue weighted by Gasteiger charge is -2.23. The van der Waals surface area contributed by atoms with E-state index in [2.05, 4.69) is 0 Å². The van der Waals surface area contributed by atoms with Gasteiger partial charge in [0.2, 0.25) is 0 Å². The summed E-state index contributed by atoms with van der Waals surface area (Å²) >= 11 is 0. The standard InChI is InChI=1S/C11H10F2O3/c12-5-1-2-7(13)6(3-5)9-11-10(16-11)8(14)4-15-9/h1-3,8-11,14H,4H2/t8-,9-,10-,11+/m1/s1. The Balaban J connectivity index is 1.90. The van der Waals surface area contributed by atoms with E-state index in [1.807, 2.05) is 0 Å². The van der Waals surface area contributed by atoms with Gasteiger partial charge in [-0.15, -0.1) is 0 Å². The van der Waals surface area contributed by atoms with E-state index in [-0.39, 0.29) is 24.4 Å². The van der Waals surface area contributed by atoms with Crippen LogP contribution in [0.25, 0.3) is 0 Å². The Hall–Kier alpha value is -1.04. The van der Waals surface area contributed by atoms with Crippen LogP contribution in [0.5, 0.6) is 0 Å². The Kier molecular flexibility index (Phi) is 2.20. The number of aliphatic hydroxyl groups excluding tert-OH is 1. The molecule has 2 fully saturated rings. The predicted molar refractivity (Wildman–Crippen MR) is 49.7 cm³/mol. The molecule has 16 heavy (non-hydrogen) atoms. The zero-order valence-electron chi connectivity index (χ0n) is 8.27. The highest BCUT2D eigenvalue weighted by molar-refractivity contribution is 5.25. The van der Waals surface area contributed by atoms with Crippen molar-refractivity contribution in [1.82, 2.24) is 0 Å². The average molecular weight is 228 g/mol. The van der Waals surface area contributed by atoms with Crippen LogP contribution in [-0.4, -0.2) is 30.0 Å². The van der Waals surface area contributed by atoms with Crippen molar-refractivity contribution in [2.24, 2.45) is 0 Å². The molecule has 0 amide bonds. The monoisotopic (exact) mass is 228 g/mol. The second kappa shape index (κ2) is 3.48. The maximum atomic E-state index is 13.5. The molecule has 2 aliphatic rings. The van der Waals surface area contributed by atoms with Crippen LogP contribution in [0.4, 0.5) is 8.78 Å². The van der Waals surface area contributed by atoms with Crippen LogP contribution in [-0.2, 0) is 9.47 Å². The fourth-order valence-corrected chi connectivity index (χ4v) is 2.08. The molecule has 1 N–H and O–H groups in total. The number of ether oxygens (including phenoxy) is 2. The van der Waals surface area contributed by atoms with Crippen molar-refractivity contribution >= 4 is 0 Å². The number of benzene rings is 1. The maximum Gasteiger partial charge on any atom is 0.129 e. The summed E-state index contributed by atoms with van der Waals surface area (Å²) < 4.78 is 37.0. The van der Waals surface area contributed by atoms with Crippen LogP contribution >= 0.6 is 0 Å². The van der Waals surface area contributed by atoms with Crippen molar-refractivity contribution in [3.05, 3.63) is 35.4 Å². The summed E-state index contributed by atoms with van der Waals surface area (Å²) in [5.74, 6) is -1.03. The van der Waals surface area contributed by atoms with E-state index >= 15 is 0 Å². The molecule has 0 spiro atoms. The van der Waals surface area contributed by atoms with E-state index in [1.54, 1.807) is 0 Å². The molecule has 2 saturated heterocycles. The molecule has 1 aromatic rings. The minimum Gasteiger partial charge on any atom is -0.388 e. The van der Waals surface area contributed by atoms with Gasteiger partial charge in [-0.1, -0.05) is 0 Å². The van der Waals surface area contributed by atoms with Gasteiger partial charge in [-0.25, -0.2) is 8.78 Å². The molecule has 0 aromatic heterocycles. The second-order valence-electron chi connectivity index (χ2n) is 4.05. The van der Waals surface area contributed by atoms with Crippen LogP contribution < -0.4 is 0 Å². The largest absolute Gasteiger partial charge is 0.388 e. The van der Waals surface area contributed by atoms with Gasteiger partial charge in [-0.05, 0) is 18.2 Å². The smallest absolute Gasteiger partial charge is 0.129 e. The predicted octanol–water partition coefficient (Wildman–Crippen LogP) is 1.16. The summed E-state index contributed by atoms with van der Waals surface area (Å²) in [4.78, 5) is 0. The van der Waals surface area contributed by atoms with Crippen LogP contribution in [0.3, 0.4) is 0 Å². The highest BCUT2D eigenvalue weighted by atomic mass is 19.1. The molecule has 3 rings (SSSR count). The lowest BCUT2D eigenvalue weighted by Crippen LogP contribution is -2.33. The number of rotatable bonds is 1. The lowest BCUT2D eigenvalue weighted by atomic mass is 9.99. The molecule has 4 atom stereocenters. The van der Waals surface area contributed by atoms with E-state index in [1.165, 1.54) is 0 Å². The number of hydrogen-bond acceptors (Lipinski definition) is 3. The third-order valence-electron chi connectivity index (χ3n) is 2.95. The lowest BCUT2D eigenvalue weighted by molar-refractivity contribution is -0.0382. The highest BCUT2D eigenvalue weighted by Gasteiger charge is 2.54. The van der Waals surface area contributed by atoms with Gasteiger partial charge < -0.3 is 14.6 Å². The molecule has 0 bridgehead atoms. The molecule has 3 nitrogen and oxygen atoms in total. The zero-order chi connectivity index (χ0) is 11.3. The number of hydrogen-bond donors (Lipinski definition) is 1. The molecule has 0 radical (unpaired) electrons. The van der Waals surface area contributed by atoms with Crippen LogP contribution in [0.1, 0.15) is 11.7 Å². The first-order valence-corrected chi connectivity index (χ1v) is 5.07. The summed E-state index contributed by atoms with van der Waals surface area (Å²) in [5.41, 5.74) is 0.152. The summed E-state index contributed by atoms with van der Waals surface area (Å²) in [6, 6.07) is 3.23. The molecule has 2 heterocycles. The van der Waals surface area contributed by atoms with Gasteiger partial charge in [0.1, 0.15) is 36.1 Å². The van der Waals surface area contributed by atoms with Crippen molar-refractivity contribution in [1.29, 1.82) is 0 Å². The van der Waals surface area contributed by atoms with Gasteiger partial charge in [-0.3, -0.25) is 0 Å². The summed E-state index contributed by atoms with van der Waals surface area (Å²) in [6.07, 6.45) is -1.96. The minimum absolute atomic E-state index is 0.0851. The van der Waals surface area contributed by atoms with Crippen molar-refractivity contribution in [3.8, 4) is 0 Å². The Morgan fingerprint density at radius 2 is 2.06 bits per heavy atom. The molecule has 5 heteroatoms. The SMILES string of the molecule is O[C@@H]1CO[C@H](c2cc(F)ccc2F)[C@@H]2O[C@@H]21. The van der Waals surface area contributed by atoms with Crippen LogP contribution in [0, 0.1) is 11.6 Å². The quantitative estimate of drug-likeness (QED) is 0.733. The molecule has 2 aliphatic heterocycles.